The molecule has 1 fully saturated rings. The average molecular weight is 374 g/mol. The molecule has 0 aliphatic heterocycles. The molecule has 2 N–H and O–H groups in total. The number of benzene rings is 1. The summed E-state index contributed by atoms with van der Waals surface area (Å²) < 4.78 is 4.83. The van der Waals surface area contributed by atoms with E-state index in [-0.39, 0.29) is 24.0 Å². The van der Waals surface area contributed by atoms with Gasteiger partial charge in [-0.2, -0.15) is 0 Å². The zero-order chi connectivity index (χ0) is 19.8. The number of ketones is 1. The van der Waals surface area contributed by atoms with E-state index in [2.05, 4.69) is 10.6 Å². The van der Waals surface area contributed by atoms with Crippen LogP contribution < -0.4 is 10.6 Å². The van der Waals surface area contributed by atoms with E-state index in [9.17, 15) is 19.2 Å². The van der Waals surface area contributed by atoms with Crippen LogP contribution in [0.3, 0.4) is 0 Å². The van der Waals surface area contributed by atoms with Gasteiger partial charge in [0.2, 0.25) is 11.8 Å². The van der Waals surface area contributed by atoms with Crippen LogP contribution in [0.5, 0.6) is 0 Å². The lowest BCUT2D eigenvalue weighted by molar-refractivity contribution is -0.147. The minimum absolute atomic E-state index is 0.0806. The molecule has 27 heavy (non-hydrogen) atoms. The van der Waals surface area contributed by atoms with E-state index in [0.29, 0.717) is 25.7 Å². The van der Waals surface area contributed by atoms with Gasteiger partial charge in [0.05, 0.1) is 7.11 Å². The number of methoxy groups -OCH3 is 1. The maximum absolute atomic E-state index is 12.8. The van der Waals surface area contributed by atoms with Gasteiger partial charge in [0, 0.05) is 26.2 Å². The summed E-state index contributed by atoms with van der Waals surface area (Å²) in [6.45, 7) is 1.34. The van der Waals surface area contributed by atoms with Crippen LogP contribution in [0.15, 0.2) is 30.3 Å². The third-order valence-corrected chi connectivity index (χ3v) is 4.72. The molecule has 0 bridgehead atoms. The summed E-state index contributed by atoms with van der Waals surface area (Å²) in [5.41, 5.74) is 0.883. The first kappa shape index (κ1) is 20.6. The van der Waals surface area contributed by atoms with Gasteiger partial charge in [-0.1, -0.05) is 30.3 Å². The van der Waals surface area contributed by atoms with Crippen molar-refractivity contribution >= 4 is 23.6 Å². The highest BCUT2D eigenvalue weighted by molar-refractivity contribution is 5.91. The topological polar surface area (TPSA) is 102 Å². The van der Waals surface area contributed by atoms with Crippen molar-refractivity contribution in [1.29, 1.82) is 0 Å². The predicted molar refractivity (Wildman–Crippen MR) is 98.7 cm³/mol. The SMILES string of the molecule is COC(=O)[C@H](NC(=O)[C@@H](Cc1ccccc1)NC(C)=O)[C@@H]1CCCC(=O)C1. The van der Waals surface area contributed by atoms with Gasteiger partial charge < -0.3 is 15.4 Å². The summed E-state index contributed by atoms with van der Waals surface area (Å²) >= 11 is 0. The van der Waals surface area contributed by atoms with Gasteiger partial charge in [0.25, 0.3) is 0 Å². The van der Waals surface area contributed by atoms with E-state index >= 15 is 0 Å². The summed E-state index contributed by atoms with van der Waals surface area (Å²) in [7, 11) is 1.25. The zero-order valence-electron chi connectivity index (χ0n) is 15.7. The van der Waals surface area contributed by atoms with Gasteiger partial charge in [-0.3, -0.25) is 14.4 Å². The van der Waals surface area contributed by atoms with Crippen LogP contribution >= 0.6 is 0 Å². The van der Waals surface area contributed by atoms with E-state index in [1.807, 2.05) is 30.3 Å². The first-order valence-corrected chi connectivity index (χ1v) is 9.11. The number of hydrogen-bond acceptors (Lipinski definition) is 5. The second-order valence-electron chi connectivity index (χ2n) is 6.85. The van der Waals surface area contributed by atoms with E-state index in [4.69, 9.17) is 4.74 Å². The molecule has 0 spiro atoms. The summed E-state index contributed by atoms with van der Waals surface area (Å²) in [4.78, 5) is 48.4. The zero-order valence-corrected chi connectivity index (χ0v) is 15.7. The molecule has 1 aliphatic rings. The molecule has 7 heteroatoms. The Morgan fingerprint density at radius 3 is 2.48 bits per heavy atom. The highest BCUT2D eigenvalue weighted by Crippen LogP contribution is 2.25. The molecule has 1 aromatic rings. The molecule has 2 amide bonds. The monoisotopic (exact) mass is 374 g/mol. The first-order valence-electron chi connectivity index (χ1n) is 9.11. The molecule has 0 aromatic heterocycles. The molecule has 1 aromatic carbocycles. The van der Waals surface area contributed by atoms with Gasteiger partial charge in [0.1, 0.15) is 17.9 Å². The number of carbonyl (C=O) groups is 4. The Morgan fingerprint density at radius 2 is 1.89 bits per heavy atom. The minimum atomic E-state index is -0.904. The summed E-state index contributed by atoms with van der Waals surface area (Å²) in [5.74, 6) is -1.60. The lowest BCUT2D eigenvalue weighted by Gasteiger charge is -2.29. The van der Waals surface area contributed by atoms with Crippen LogP contribution in [0, 0.1) is 5.92 Å². The van der Waals surface area contributed by atoms with Crippen molar-refractivity contribution in [2.24, 2.45) is 5.92 Å². The maximum atomic E-state index is 12.8. The van der Waals surface area contributed by atoms with E-state index in [1.54, 1.807) is 0 Å². The Bertz CT molecular complexity index is 689. The second-order valence-corrected chi connectivity index (χ2v) is 6.85. The van der Waals surface area contributed by atoms with Crippen LogP contribution in [0.4, 0.5) is 0 Å². The lowest BCUT2D eigenvalue weighted by atomic mass is 9.83. The lowest BCUT2D eigenvalue weighted by Crippen LogP contribution is -2.55. The van der Waals surface area contributed by atoms with Crippen molar-refractivity contribution in [2.75, 3.05) is 7.11 Å². The summed E-state index contributed by atoms with van der Waals surface area (Å²) in [6.07, 6.45) is 2.38. The largest absolute Gasteiger partial charge is 0.467 e. The van der Waals surface area contributed by atoms with Crippen LogP contribution in [0.2, 0.25) is 0 Å². The molecular formula is C20H26N2O5. The van der Waals surface area contributed by atoms with Gasteiger partial charge in [-0.25, -0.2) is 4.79 Å². The van der Waals surface area contributed by atoms with Crippen LogP contribution in [-0.2, 0) is 30.3 Å². The fraction of sp³-hybridized carbons (Fsp3) is 0.500. The summed E-state index contributed by atoms with van der Waals surface area (Å²) in [6, 6.07) is 7.56. The first-order chi connectivity index (χ1) is 12.9. The highest BCUT2D eigenvalue weighted by Gasteiger charge is 2.35. The standard InChI is InChI=1S/C20H26N2O5/c1-13(23)21-17(11-14-7-4-3-5-8-14)19(25)22-18(20(26)27-2)15-9-6-10-16(24)12-15/h3-5,7-8,15,17-18H,6,9-12H2,1-2H3,(H,21,23)(H,22,25)/t15-,17-,18-/m1/s1. The molecule has 0 heterocycles. The maximum Gasteiger partial charge on any atom is 0.328 e. The second kappa shape index (κ2) is 9.85. The predicted octanol–water partition coefficient (Wildman–Crippen LogP) is 1.15. The van der Waals surface area contributed by atoms with Crippen molar-refractivity contribution < 1.29 is 23.9 Å². The number of carbonyl (C=O) groups excluding carboxylic acids is 4. The van der Waals surface area contributed by atoms with E-state index < -0.39 is 24.0 Å². The normalized spacial score (nSPS) is 18.9. The quantitative estimate of drug-likeness (QED) is 0.697. The number of rotatable bonds is 7. The van der Waals surface area contributed by atoms with Crippen LogP contribution in [0.25, 0.3) is 0 Å². The number of nitrogens with one attached hydrogen (secondary N) is 2. The van der Waals surface area contributed by atoms with E-state index in [0.717, 1.165) is 5.56 Å². The van der Waals surface area contributed by atoms with Gasteiger partial charge in [0.15, 0.2) is 0 Å². The molecule has 0 unspecified atom stereocenters. The van der Waals surface area contributed by atoms with Crippen molar-refractivity contribution in [3.63, 3.8) is 0 Å². The van der Waals surface area contributed by atoms with Crippen molar-refractivity contribution in [1.82, 2.24) is 10.6 Å². The number of ether oxygens (including phenoxy) is 1. The van der Waals surface area contributed by atoms with E-state index in [1.165, 1.54) is 14.0 Å². The summed E-state index contributed by atoms with van der Waals surface area (Å²) in [5, 5.41) is 5.34. The molecule has 146 valence electrons. The molecule has 0 radical (unpaired) electrons. The smallest absolute Gasteiger partial charge is 0.328 e. The van der Waals surface area contributed by atoms with Crippen molar-refractivity contribution in [3.05, 3.63) is 35.9 Å². The number of esters is 1. The van der Waals surface area contributed by atoms with Gasteiger partial charge in [-0.15, -0.1) is 0 Å². The van der Waals surface area contributed by atoms with Crippen LogP contribution in [-0.4, -0.2) is 42.8 Å². The minimum Gasteiger partial charge on any atom is -0.467 e. The molecule has 1 saturated carbocycles. The Morgan fingerprint density at radius 1 is 1.19 bits per heavy atom. The highest BCUT2D eigenvalue weighted by atomic mass is 16.5. The molecular weight excluding hydrogens is 348 g/mol. The number of hydrogen-bond donors (Lipinski definition) is 2. The van der Waals surface area contributed by atoms with Gasteiger partial charge in [-0.05, 0) is 24.3 Å². The molecule has 1 aliphatic carbocycles. The Hall–Kier alpha value is -2.70. The Balaban J connectivity index is 2.14. The number of amides is 2. The Kier molecular flexibility index (Phi) is 7.52. The third-order valence-electron chi connectivity index (χ3n) is 4.72. The Labute approximate surface area is 158 Å². The molecule has 3 atom stereocenters. The number of Topliss-reactive ketones (excluding diaryl/α,β-unsaturated/α-hetero) is 1. The fourth-order valence-electron chi connectivity index (χ4n) is 3.40. The molecule has 0 saturated heterocycles. The van der Waals surface area contributed by atoms with Crippen LogP contribution in [0.1, 0.15) is 38.2 Å². The van der Waals surface area contributed by atoms with Gasteiger partial charge >= 0.3 is 5.97 Å². The molecule has 2 rings (SSSR count). The average Bonchev–Trinajstić information content (AvgIpc) is 2.65. The van der Waals surface area contributed by atoms with Crippen molar-refractivity contribution in [3.8, 4) is 0 Å². The third kappa shape index (κ3) is 6.20. The van der Waals surface area contributed by atoms with Crippen molar-refractivity contribution in [2.45, 2.75) is 51.1 Å². The molecule has 7 nitrogen and oxygen atoms in total. The fourth-order valence-corrected chi connectivity index (χ4v) is 3.40.